The number of para-hydroxylation sites is 2. The third-order valence-corrected chi connectivity index (χ3v) is 6.13. The molecule has 0 aliphatic carbocycles. The van der Waals surface area contributed by atoms with Crippen molar-refractivity contribution >= 4 is 34.9 Å². The predicted octanol–water partition coefficient (Wildman–Crippen LogP) is 9.42. The maximum absolute atomic E-state index is 9.80. The molecule has 0 aliphatic rings. The summed E-state index contributed by atoms with van der Waals surface area (Å²) in [5, 5.41) is 9.80. The van der Waals surface area contributed by atoms with Crippen molar-refractivity contribution in [3.8, 4) is 17.2 Å². The first kappa shape index (κ1) is 23.4. The summed E-state index contributed by atoms with van der Waals surface area (Å²) in [4.78, 5) is 5.94. The Bertz CT molecular complexity index is 1570. The largest absolute Gasteiger partial charge is 0.311 e. The first-order valence-corrected chi connectivity index (χ1v) is 12.0. The van der Waals surface area contributed by atoms with E-state index in [1.165, 1.54) is 0 Å². The molecule has 0 atom stereocenters. The molecular weight excluding hydrogens is 450 g/mol. The van der Waals surface area contributed by atoms with Crippen molar-refractivity contribution in [3.05, 3.63) is 156 Å². The van der Waals surface area contributed by atoms with Crippen molar-refractivity contribution < 1.29 is 0 Å². The van der Waals surface area contributed by atoms with Crippen molar-refractivity contribution in [2.45, 2.75) is 0 Å². The minimum absolute atomic E-state index is 0.529. The lowest BCUT2D eigenvalue weighted by Gasteiger charge is -2.25. The Kier molecular flexibility index (Phi) is 6.89. The summed E-state index contributed by atoms with van der Waals surface area (Å²) >= 11 is 0. The van der Waals surface area contributed by atoms with E-state index in [1.54, 1.807) is 6.07 Å². The summed E-state index contributed by atoms with van der Waals surface area (Å²) in [6, 6.07) is 44.5. The lowest BCUT2D eigenvalue weighted by Crippen LogP contribution is -2.09. The van der Waals surface area contributed by atoms with Gasteiger partial charge in [0.15, 0.2) is 5.69 Å². The molecule has 0 spiro atoms. The van der Waals surface area contributed by atoms with E-state index in [2.05, 4.69) is 64.3 Å². The highest BCUT2D eigenvalue weighted by atomic mass is 15.1. The number of benzene rings is 5. The highest BCUT2D eigenvalue weighted by Gasteiger charge is 2.12. The van der Waals surface area contributed by atoms with Gasteiger partial charge in [-0.15, -0.1) is 0 Å². The van der Waals surface area contributed by atoms with Crippen LogP contribution >= 0.6 is 0 Å². The zero-order valence-corrected chi connectivity index (χ0v) is 20.1. The molecule has 5 aromatic rings. The summed E-state index contributed by atoms with van der Waals surface area (Å²) in [6.07, 6.45) is 3.88. The van der Waals surface area contributed by atoms with Crippen molar-refractivity contribution in [2.75, 3.05) is 4.90 Å². The molecule has 174 valence electrons. The van der Waals surface area contributed by atoms with E-state index in [0.717, 1.165) is 39.3 Å². The van der Waals surface area contributed by atoms with E-state index in [0.29, 0.717) is 11.3 Å². The molecule has 0 aromatic heterocycles. The Morgan fingerprint density at radius 3 is 1.73 bits per heavy atom. The second-order valence-corrected chi connectivity index (χ2v) is 8.48. The molecular formula is C34H23N3. The second kappa shape index (κ2) is 10.9. The average molecular weight is 474 g/mol. The smallest absolute Gasteiger partial charge is 0.195 e. The van der Waals surface area contributed by atoms with Crippen LogP contribution in [0.25, 0.3) is 28.1 Å². The van der Waals surface area contributed by atoms with E-state index in [1.807, 2.05) is 84.9 Å². The molecule has 0 radical (unpaired) electrons. The predicted molar refractivity (Wildman–Crippen MR) is 153 cm³/mol. The molecule has 0 heterocycles. The van der Waals surface area contributed by atoms with Crippen LogP contribution in [0.5, 0.6) is 0 Å². The molecule has 0 saturated carbocycles. The number of anilines is 3. The van der Waals surface area contributed by atoms with Crippen LogP contribution in [0.15, 0.2) is 127 Å². The molecule has 3 heteroatoms. The number of hydrogen-bond donors (Lipinski definition) is 0. The van der Waals surface area contributed by atoms with Gasteiger partial charge in [0.2, 0.25) is 0 Å². The van der Waals surface area contributed by atoms with Gasteiger partial charge in [0.05, 0.1) is 18.2 Å². The maximum Gasteiger partial charge on any atom is 0.195 e. The first-order valence-electron chi connectivity index (χ1n) is 12.0. The minimum Gasteiger partial charge on any atom is -0.311 e. The van der Waals surface area contributed by atoms with Crippen LogP contribution in [-0.2, 0) is 0 Å². The monoisotopic (exact) mass is 473 g/mol. The summed E-state index contributed by atoms with van der Waals surface area (Å²) in [6.45, 7) is 7.67. The van der Waals surface area contributed by atoms with Crippen LogP contribution in [0, 0.1) is 17.9 Å². The van der Waals surface area contributed by atoms with Gasteiger partial charge in [-0.3, -0.25) is 0 Å². The van der Waals surface area contributed by atoms with Gasteiger partial charge in [-0.25, -0.2) is 4.85 Å². The summed E-state index contributed by atoms with van der Waals surface area (Å²) in [5.74, 6) is 0. The standard InChI is InChI=1S/C34H23N3/c1-36-34-24-28(29(25-35)23-33(34)27-11-5-2-6-12-27)20-17-26-18-21-32(22-19-26)37(30-13-7-3-8-14-30)31-15-9-4-10-16-31/h2-24H/b20-17+. The Balaban J connectivity index is 1.46. The third-order valence-electron chi connectivity index (χ3n) is 6.13. The van der Waals surface area contributed by atoms with Crippen molar-refractivity contribution in [1.82, 2.24) is 0 Å². The molecule has 0 unspecified atom stereocenters. The topological polar surface area (TPSA) is 31.4 Å². The lowest BCUT2D eigenvalue weighted by molar-refractivity contribution is 1.28. The van der Waals surface area contributed by atoms with Gasteiger partial charge in [-0.1, -0.05) is 91.0 Å². The number of nitrogens with zero attached hydrogens (tertiary/aromatic N) is 3. The van der Waals surface area contributed by atoms with Crippen LogP contribution in [0.2, 0.25) is 0 Å². The fourth-order valence-corrected chi connectivity index (χ4v) is 4.30. The SMILES string of the molecule is [C-]#[N+]c1cc(/C=C/c2ccc(N(c3ccccc3)c3ccccc3)cc2)c(C#N)cc1-c1ccccc1. The fraction of sp³-hybridized carbons (Fsp3) is 0. The van der Waals surface area contributed by atoms with Crippen LogP contribution < -0.4 is 4.90 Å². The molecule has 5 aromatic carbocycles. The third kappa shape index (κ3) is 5.17. The molecule has 37 heavy (non-hydrogen) atoms. The molecule has 0 bridgehead atoms. The Morgan fingerprint density at radius 1 is 0.649 bits per heavy atom. The van der Waals surface area contributed by atoms with Crippen molar-refractivity contribution in [3.63, 3.8) is 0 Å². The van der Waals surface area contributed by atoms with E-state index in [9.17, 15) is 5.26 Å². The number of hydrogen-bond acceptors (Lipinski definition) is 2. The summed E-state index contributed by atoms with van der Waals surface area (Å²) in [5.41, 5.74) is 7.72. The summed E-state index contributed by atoms with van der Waals surface area (Å²) in [7, 11) is 0. The van der Waals surface area contributed by atoms with Gasteiger partial charge in [0.25, 0.3) is 0 Å². The van der Waals surface area contributed by atoms with E-state index >= 15 is 0 Å². The van der Waals surface area contributed by atoms with Gasteiger partial charge >= 0.3 is 0 Å². The van der Waals surface area contributed by atoms with Crippen LogP contribution in [-0.4, -0.2) is 0 Å². The van der Waals surface area contributed by atoms with Gasteiger partial charge in [-0.05, 0) is 70.8 Å². The van der Waals surface area contributed by atoms with Gasteiger partial charge < -0.3 is 4.90 Å². The van der Waals surface area contributed by atoms with Crippen LogP contribution in [0.1, 0.15) is 16.7 Å². The normalized spacial score (nSPS) is 10.5. The molecule has 0 saturated heterocycles. The van der Waals surface area contributed by atoms with E-state index in [4.69, 9.17) is 6.57 Å². The molecule has 5 rings (SSSR count). The average Bonchev–Trinajstić information content (AvgIpc) is 2.98. The highest BCUT2D eigenvalue weighted by Crippen LogP contribution is 2.35. The quantitative estimate of drug-likeness (QED) is 0.182. The van der Waals surface area contributed by atoms with Crippen LogP contribution in [0.3, 0.4) is 0 Å². The zero-order chi connectivity index (χ0) is 25.5. The zero-order valence-electron chi connectivity index (χ0n) is 20.1. The fourth-order valence-electron chi connectivity index (χ4n) is 4.30. The van der Waals surface area contributed by atoms with E-state index in [-0.39, 0.29) is 0 Å². The molecule has 3 nitrogen and oxygen atoms in total. The van der Waals surface area contributed by atoms with Crippen LogP contribution in [0.4, 0.5) is 22.7 Å². The van der Waals surface area contributed by atoms with Gasteiger partial charge in [0, 0.05) is 17.1 Å². The molecule has 0 amide bonds. The van der Waals surface area contributed by atoms with Gasteiger partial charge in [-0.2, -0.15) is 5.26 Å². The highest BCUT2D eigenvalue weighted by molar-refractivity contribution is 5.85. The summed E-state index contributed by atoms with van der Waals surface area (Å²) < 4.78 is 0. The maximum atomic E-state index is 9.80. The van der Waals surface area contributed by atoms with Crippen molar-refractivity contribution in [1.29, 1.82) is 5.26 Å². The number of rotatable bonds is 6. The molecule has 0 N–H and O–H groups in total. The van der Waals surface area contributed by atoms with Crippen molar-refractivity contribution in [2.24, 2.45) is 0 Å². The molecule has 0 fully saturated rings. The van der Waals surface area contributed by atoms with Gasteiger partial charge in [0.1, 0.15) is 0 Å². The Hall–Kier alpha value is -5.38. The molecule has 0 aliphatic heterocycles. The Morgan fingerprint density at radius 2 is 1.19 bits per heavy atom. The minimum atomic E-state index is 0.529. The lowest BCUT2D eigenvalue weighted by atomic mass is 9.97. The number of nitriles is 1. The second-order valence-electron chi connectivity index (χ2n) is 8.48. The first-order chi connectivity index (χ1) is 18.3. The van der Waals surface area contributed by atoms with E-state index < -0.39 is 0 Å². The Labute approximate surface area is 217 Å².